The molecule has 0 aliphatic rings. The number of halogens is 4. The van der Waals surface area contributed by atoms with Crippen molar-refractivity contribution in [3.63, 3.8) is 0 Å². The zero-order chi connectivity index (χ0) is 17.3. The molecule has 1 N–H and O–H groups in total. The van der Waals surface area contributed by atoms with Crippen LogP contribution in [0.5, 0.6) is 0 Å². The van der Waals surface area contributed by atoms with Crippen molar-refractivity contribution in [2.75, 3.05) is 5.32 Å². The number of thiol groups is 1. The van der Waals surface area contributed by atoms with Gasteiger partial charge < -0.3 is 5.32 Å². The van der Waals surface area contributed by atoms with Crippen LogP contribution in [-0.2, 0) is 0 Å². The Bertz CT molecular complexity index is 804. The van der Waals surface area contributed by atoms with Gasteiger partial charge in [0.15, 0.2) is 0 Å². The van der Waals surface area contributed by atoms with Crippen LogP contribution in [0.2, 0.25) is 20.1 Å². The van der Waals surface area contributed by atoms with Gasteiger partial charge in [-0.2, -0.15) is 0 Å². The quantitative estimate of drug-likeness (QED) is 0.230. The summed E-state index contributed by atoms with van der Waals surface area (Å²) in [6.07, 6.45) is 0. The molecule has 0 saturated heterocycles. The first kappa shape index (κ1) is 19.3. The van der Waals surface area contributed by atoms with Gasteiger partial charge in [0.1, 0.15) is 4.99 Å². The van der Waals surface area contributed by atoms with Crippen LogP contribution >= 0.6 is 83.5 Å². The largest absolute Gasteiger partial charge is 0.346 e. The Morgan fingerprint density at radius 3 is 1.83 bits per heavy atom. The van der Waals surface area contributed by atoms with E-state index in [-0.39, 0.29) is 24.3 Å². The Hall–Kier alpha value is -0.0700. The number of hydrogen-bond donors (Lipinski definition) is 2. The fraction of sp³-hybridized carbons (Fsp3) is 0.0667. The Kier molecular flexibility index (Phi) is 6.59. The van der Waals surface area contributed by atoms with Crippen molar-refractivity contribution in [2.24, 2.45) is 0 Å². The average Bonchev–Trinajstić information content (AvgIpc) is 2.50. The van der Waals surface area contributed by atoms with E-state index in [0.29, 0.717) is 16.1 Å². The number of hydrogen-bond acceptors (Lipinski definition) is 2. The highest BCUT2D eigenvalue weighted by molar-refractivity contribution is 8.11. The van der Waals surface area contributed by atoms with Gasteiger partial charge >= 0.3 is 0 Å². The van der Waals surface area contributed by atoms with Crippen LogP contribution in [0.4, 0.5) is 5.69 Å². The van der Waals surface area contributed by atoms with E-state index in [1.54, 1.807) is 0 Å². The molecule has 0 amide bonds. The van der Waals surface area contributed by atoms with Crippen LogP contribution in [0.15, 0.2) is 24.3 Å². The van der Waals surface area contributed by atoms with Crippen molar-refractivity contribution < 1.29 is 0 Å². The Labute approximate surface area is 170 Å². The summed E-state index contributed by atoms with van der Waals surface area (Å²) in [4.78, 5) is 0.325. The molecule has 0 saturated carbocycles. The molecule has 0 aromatic heterocycles. The average molecular weight is 441 g/mol. The van der Waals surface area contributed by atoms with E-state index in [2.05, 4.69) is 17.9 Å². The molecule has 120 valence electrons. The first-order valence-electron chi connectivity index (χ1n) is 6.21. The van der Waals surface area contributed by atoms with Crippen molar-refractivity contribution in [3.8, 4) is 0 Å². The summed E-state index contributed by atoms with van der Waals surface area (Å²) in [5.74, 6) is 0. The highest BCUT2D eigenvalue weighted by atomic mass is 35.5. The molecule has 0 spiro atoms. The molecule has 8 heteroatoms. The minimum absolute atomic E-state index is 0.117. The van der Waals surface area contributed by atoms with Crippen LogP contribution in [0, 0.1) is 6.92 Å². The molecule has 0 bridgehead atoms. The summed E-state index contributed by atoms with van der Waals surface area (Å²) in [5.41, 5.74) is 2.72. The van der Waals surface area contributed by atoms with Crippen LogP contribution in [0.25, 0.3) is 0 Å². The van der Waals surface area contributed by atoms with Gasteiger partial charge in [0.25, 0.3) is 0 Å². The maximum atomic E-state index is 6.31. The standard InChI is InChI=1S/C15H9Cl4NS3/c1-6-2-4-7(5-3-6)20-14(21)8-9(15(22)23)11(17)13(19)12(18)10(8)16/h2-5H,1H3,(H,20,21)(H,22,23). The third-order valence-corrected chi connectivity index (χ3v) is 5.55. The molecule has 0 radical (unpaired) electrons. The second-order valence-corrected chi connectivity index (χ2v) is 7.71. The van der Waals surface area contributed by atoms with Gasteiger partial charge in [0.05, 0.1) is 24.3 Å². The highest BCUT2D eigenvalue weighted by Gasteiger charge is 2.24. The van der Waals surface area contributed by atoms with E-state index in [1.165, 1.54) is 0 Å². The smallest absolute Gasteiger partial charge is 0.113 e. The van der Waals surface area contributed by atoms with E-state index in [1.807, 2.05) is 31.2 Å². The van der Waals surface area contributed by atoms with Gasteiger partial charge in [-0.3, -0.25) is 0 Å². The summed E-state index contributed by atoms with van der Waals surface area (Å²) in [7, 11) is 0. The lowest BCUT2D eigenvalue weighted by molar-refractivity contribution is 1.47. The molecule has 2 rings (SSSR count). The summed E-state index contributed by atoms with van der Waals surface area (Å²) in [5, 5.41) is 3.67. The van der Waals surface area contributed by atoms with Gasteiger partial charge in [-0.05, 0) is 19.1 Å². The van der Waals surface area contributed by atoms with Crippen molar-refractivity contribution in [1.29, 1.82) is 0 Å². The third-order valence-electron chi connectivity index (χ3n) is 3.02. The van der Waals surface area contributed by atoms with E-state index in [4.69, 9.17) is 70.8 Å². The number of thiocarbonyl (C=S) groups is 2. The fourth-order valence-corrected chi connectivity index (χ4v) is 3.85. The predicted molar refractivity (Wildman–Crippen MR) is 114 cm³/mol. The predicted octanol–water partition coefficient (Wildman–Crippen LogP) is 7.00. The molecule has 0 heterocycles. The van der Waals surface area contributed by atoms with Gasteiger partial charge in [0.2, 0.25) is 0 Å². The Morgan fingerprint density at radius 1 is 0.870 bits per heavy atom. The monoisotopic (exact) mass is 439 g/mol. The summed E-state index contributed by atoms with van der Waals surface area (Å²) < 4.78 is 0.221. The van der Waals surface area contributed by atoms with Gasteiger partial charge in [-0.15, -0.1) is 12.6 Å². The normalized spacial score (nSPS) is 10.5. The van der Waals surface area contributed by atoms with Crippen LogP contribution in [-0.4, -0.2) is 9.19 Å². The molecule has 23 heavy (non-hydrogen) atoms. The third kappa shape index (κ3) is 4.13. The van der Waals surface area contributed by atoms with Crippen molar-refractivity contribution in [3.05, 3.63) is 61.0 Å². The molecule has 0 aliphatic heterocycles. The lowest BCUT2D eigenvalue weighted by Crippen LogP contribution is -2.15. The molecule has 1 nitrogen and oxygen atoms in total. The molecule has 0 fully saturated rings. The molecule has 2 aromatic carbocycles. The summed E-state index contributed by atoms with van der Waals surface area (Å²) in [6.45, 7) is 2.00. The number of aryl methyl sites for hydroxylation is 1. The number of benzene rings is 2. The van der Waals surface area contributed by atoms with Crippen molar-refractivity contribution >= 4 is 98.3 Å². The van der Waals surface area contributed by atoms with E-state index < -0.39 is 0 Å². The minimum Gasteiger partial charge on any atom is -0.346 e. The van der Waals surface area contributed by atoms with Crippen LogP contribution in [0.3, 0.4) is 0 Å². The molecule has 0 atom stereocenters. The lowest BCUT2D eigenvalue weighted by atomic mass is 10.1. The molecular formula is C15H9Cl4NS3. The van der Waals surface area contributed by atoms with E-state index in [0.717, 1.165) is 11.3 Å². The van der Waals surface area contributed by atoms with Crippen LogP contribution < -0.4 is 5.32 Å². The zero-order valence-electron chi connectivity index (χ0n) is 11.6. The molecular weight excluding hydrogens is 432 g/mol. The second kappa shape index (κ2) is 7.87. The molecule has 0 unspecified atom stereocenters. The maximum Gasteiger partial charge on any atom is 0.113 e. The molecule has 0 aliphatic carbocycles. The van der Waals surface area contributed by atoms with Gasteiger partial charge in [-0.1, -0.05) is 88.5 Å². The number of rotatable bonds is 3. The fourth-order valence-electron chi connectivity index (χ4n) is 1.88. The van der Waals surface area contributed by atoms with Gasteiger partial charge in [0, 0.05) is 16.8 Å². The van der Waals surface area contributed by atoms with E-state index >= 15 is 0 Å². The zero-order valence-corrected chi connectivity index (χ0v) is 17.1. The number of anilines is 1. The van der Waals surface area contributed by atoms with Crippen molar-refractivity contribution in [2.45, 2.75) is 6.92 Å². The summed E-state index contributed by atoms with van der Waals surface area (Å²) >= 11 is 39.5. The number of nitrogens with one attached hydrogen (secondary N) is 1. The first-order valence-corrected chi connectivity index (χ1v) is 8.98. The van der Waals surface area contributed by atoms with Crippen molar-refractivity contribution in [1.82, 2.24) is 0 Å². The van der Waals surface area contributed by atoms with E-state index in [9.17, 15) is 0 Å². The molecule has 2 aromatic rings. The summed E-state index contributed by atoms with van der Waals surface area (Å²) in [6, 6.07) is 7.71. The minimum atomic E-state index is 0.117. The second-order valence-electron chi connectivity index (χ2n) is 4.63. The van der Waals surface area contributed by atoms with Gasteiger partial charge in [-0.25, -0.2) is 0 Å². The topological polar surface area (TPSA) is 12.0 Å². The lowest BCUT2D eigenvalue weighted by Gasteiger charge is -2.17. The Morgan fingerprint density at radius 2 is 1.35 bits per heavy atom. The van der Waals surface area contributed by atoms with Crippen LogP contribution in [0.1, 0.15) is 16.7 Å². The SMILES string of the molecule is Cc1ccc(NC(=S)c2c(Cl)c(Cl)c(Cl)c(Cl)c2C(=S)S)cc1. The first-order chi connectivity index (χ1) is 10.7. The Balaban J connectivity index is 2.55. The maximum absolute atomic E-state index is 6.31. The highest BCUT2D eigenvalue weighted by Crippen LogP contribution is 2.42.